The first kappa shape index (κ1) is 29.7. The Morgan fingerprint density at radius 1 is 0.667 bits per heavy atom. The highest BCUT2D eigenvalue weighted by atomic mass is 16.4. The second-order valence-electron chi connectivity index (χ2n) is 6.93. The Kier molecular flexibility index (Phi) is 14.7. The van der Waals surface area contributed by atoms with Gasteiger partial charge in [0.15, 0.2) is 6.10 Å². The lowest BCUT2D eigenvalue weighted by Crippen LogP contribution is -2.47. The fourth-order valence-electron chi connectivity index (χ4n) is 2.30. The number of carboxylic acids is 2. The van der Waals surface area contributed by atoms with Gasteiger partial charge in [0.05, 0.1) is 25.0 Å². The van der Waals surface area contributed by atoms with Crippen LogP contribution in [-0.4, -0.2) is 100 Å². The Morgan fingerprint density at radius 3 is 1.67 bits per heavy atom. The molecule has 0 saturated carbocycles. The zero-order valence-electron chi connectivity index (χ0n) is 17.9. The van der Waals surface area contributed by atoms with Crippen molar-refractivity contribution in [1.29, 1.82) is 0 Å². The number of carboxylic acid groups (broad SMARTS) is 2. The third-order valence-corrected chi connectivity index (χ3v) is 4.09. The average molecular weight is 477 g/mol. The second kappa shape index (κ2) is 16.3. The maximum absolute atomic E-state index is 11.8. The van der Waals surface area contributed by atoms with E-state index in [1.165, 1.54) is 0 Å². The van der Waals surface area contributed by atoms with E-state index in [4.69, 9.17) is 15.9 Å². The van der Waals surface area contributed by atoms with Gasteiger partial charge in [-0.25, -0.2) is 0 Å². The largest absolute Gasteiger partial charge is 0.481 e. The van der Waals surface area contributed by atoms with Crippen LogP contribution in [0.3, 0.4) is 0 Å². The van der Waals surface area contributed by atoms with Crippen molar-refractivity contribution in [1.82, 2.24) is 21.3 Å². The van der Waals surface area contributed by atoms with Crippen LogP contribution in [0.4, 0.5) is 0 Å². The summed E-state index contributed by atoms with van der Waals surface area (Å²) in [5, 5.41) is 46.1. The van der Waals surface area contributed by atoms with Crippen molar-refractivity contribution in [3.05, 3.63) is 0 Å². The molecule has 0 aliphatic carbocycles. The number of aliphatic hydroxyl groups excluding tert-OH is 2. The molecule has 188 valence electrons. The van der Waals surface area contributed by atoms with Crippen LogP contribution >= 0.6 is 0 Å². The highest BCUT2D eigenvalue weighted by Crippen LogP contribution is 2.03. The molecule has 4 amide bonds. The van der Waals surface area contributed by atoms with Gasteiger partial charge in [-0.1, -0.05) is 0 Å². The van der Waals surface area contributed by atoms with E-state index in [2.05, 4.69) is 21.3 Å². The quantitative estimate of drug-likeness (QED) is 0.0903. The summed E-state index contributed by atoms with van der Waals surface area (Å²) in [6, 6.07) is -1.25. The summed E-state index contributed by atoms with van der Waals surface area (Å²) in [6.07, 6.45) is -4.84. The minimum atomic E-state index is -1.82. The maximum Gasteiger partial charge on any atom is 0.305 e. The minimum absolute atomic E-state index is 0.0681. The van der Waals surface area contributed by atoms with Crippen LogP contribution < -0.4 is 27.0 Å². The van der Waals surface area contributed by atoms with E-state index in [0.717, 1.165) is 0 Å². The van der Waals surface area contributed by atoms with Crippen LogP contribution in [0, 0.1) is 0 Å². The summed E-state index contributed by atoms with van der Waals surface area (Å²) in [5.74, 6) is -4.97. The number of nitrogens with one attached hydrogen (secondary N) is 4. The molecule has 0 heterocycles. The van der Waals surface area contributed by atoms with Crippen molar-refractivity contribution < 1.29 is 49.2 Å². The first-order valence-corrected chi connectivity index (χ1v) is 10.1. The topological polar surface area (TPSA) is 257 Å². The van der Waals surface area contributed by atoms with Gasteiger partial charge >= 0.3 is 11.9 Å². The van der Waals surface area contributed by atoms with Gasteiger partial charge in [-0.15, -0.1) is 0 Å². The molecule has 0 unspecified atom stereocenters. The molecule has 0 saturated heterocycles. The number of carbonyl (C=O) groups excluding carboxylic acids is 4. The summed E-state index contributed by atoms with van der Waals surface area (Å²) < 4.78 is 0. The molecule has 0 aromatic carbocycles. The fourth-order valence-corrected chi connectivity index (χ4v) is 2.30. The Bertz CT molecular complexity index is 702. The molecule has 0 rings (SSSR count). The van der Waals surface area contributed by atoms with Crippen LogP contribution in [0.2, 0.25) is 0 Å². The molecular formula is C18H31N5O10. The molecule has 0 aliphatic heterocycles. The smallest absolute Gasteiger partial charge is 0.305 e. The number of hydrogen-bond donors (Lipinski definition) is 9. The minimum Gasteiger partial charge on any atom is -0.481 e. The first-order chi connectivity index (χ1) is 15.4. The number of hydrogen-bond acceptors (Lipinski definition) is 9. The van der Waals surface area contributed by atoms with E-state index in [0.29, 0.717) is 0 Å². The van der Waals surface area contributed by atoms with Crippen LogP contribution in [0.15, 0.2) is 0 Å². The number of nitrogens with two attached hydrogens (primary N) is 1. The number of aliphatic hydroxyl groups is 2. The summed E-state index contributed by atoms with van der Waals surface area (Å²) in [4.78, 5) is 67.2. The van der Waals surface area contributed by atoms with Gasteiger partial charge in [0, 0.05) is 39.0 Å². The van der Waals surface area contributed by atoms with E-state index in [1.807, 2.05) is 0 Å². The summed E-state index contributed by atoms with van der Waals surface area (Å²) in [5.41, 5.74) is 5.36. The number of amides is 4. The first-order valence-electron chi connectivity index (χ1n) is 10.1. The zero-order valence-corrected chi connectivity index (χ0v) is 17.9. The van der Waals surface area contributed by atoms with E-state index >= 15 is 0 Å². The molecule has 33 heavy (non-hydrogen) atoms. The molecule has 0 aromatic heterocycles. The van der Waals surface area contributed by atoms with Crippen molar-refractivity contribution >= 4 is 35.6 Å². The molecule has 3 atom stereocenters. The van der Waals surface area contributed by atoms with Crippen molar-refractivity contribution in [3.63, 3.8) is 0 Å². The van der Waals surface area contributed by atoms with Crippen molar-refractivity contribution in [2.24, 2.45) is 5.73 Å². The van der Waals surface area contributed by atoms with Gasteiger partial charge in [-0.3, -0.25) is 28.8 Å². The monoisotopic (exact) mass is 477 g/mol. The average Bonchev–Trinajstić information content (AvgIpc) is 2.74. The highest BCUT2D eigenvalue weighted by Gasteiger charge is 2.24. The molecule has 0 spiro atoms. The molecule has 10 N–H and O–H groups in total. The van der Waals surface area contributed by atoms with E-state index in [9.17, 15) is 39.0 Å². The lowest BCUT2D eigenvalue weighted by molar-refractivity contribution is -0.139. The standard InChI is InChI=1S/C18H31N5O10/c19-10(9-15(29)30)17(32)22-7-8-23-18(33)16(31)11(24)1-2-12(25)20-5-6-21-13(26)3-4-14(27)28/h10-11,16,24,31H,1-9,19H2,(H,20,25)(H,21,26)(H,22,32)(H,23,33)(H,27,28)(H,29,30)/t10-,11-,16+/m1/s1. The van der Waals surface area contributed by atoms with Gasteiger partial charge in [-0.2, -0.15) is 0 Å². The van der Waals surface area contributed by atoms with Gasteiger partial charge in [0.2, 0.25) is 17.7 Å². The van der Waals surface area contributed by atoms with Crippen LogP contribution in [0.1, 0.15) is 32.1 Å². The highest BCUT2D eigenvalue weighted by molar-refractivity contribution is 5.86. The Labute approximate surface area is 189 Å². The van der Waals surface area contributed by atoms with Crippen molar-refractivity contribution in [3.8, 4) is 0 Å². The molecule has 15 nitrogen and oxygen atoms in total. The predicted octanol–water partition coefficient (Wildman–Crippen LogP) is -4.38. The summed E-state index contributed by atoms with van der Waals surface area (Å²) >= 11 is 0. The Hall–Kier alpha value is -3.30. The molecule has 15 heteroatoms. The van der Waals surface area contributed by atoms with E-state index in [-0.39, 0.29) is 51.9 Å². The lowest BCUT2D eigenvalue weighted by atomic mass is 10.1. The number of rotatable bonds is 17. The zero-order chi connectivity index (χ0) is 25.4. The van der Waals surface area contributed by atoms with Gasteiger partial charge in [-0.05, 0) is 6.42 Å². The number of aliphatic carboxylic acids is 2. The van der Waals surface area contributed by atoms with E-state index < -0.39 is 60.2 Å². The third-order valence-electron chi connectivity index (χ3n) is 4.09. The maximum atomic E-state index is 11.8. The molecule has 0 fully saturated rings. The third kappa shape index (κ3) is 15.2. The van der Waals surface area contributed by atoms with Crippen LogP contribution in [-0.2, 0) is 28.8 Å². The van der Waals surface area contributed by atoms with Crippen LogP contribution in [0.5, 0.6) is 0 Å². The fraction of sp³-hybridized carbons (Fsp3) is 0.667. The molecule has 0 radical (unpaired) electrons. The molecular weight excluding hydrogens is 446 g/mol. The molecule has 0 bridgehead atoms. The van der Waals surface area contributed by atoms with Gasteiger partial charge in [0.25, 0.3) is 5.91 Å². The second-order valence-corrected chi connectivity index (χ2v) is 6.93. The van der Waals surface area contributed by atoms with Gasteiger partial charge < -0.3 is 47.4 Å². The molecule has 0 aliphatic rings. The predicted molar refractivity (Wildman–Crippen MR) is 110 cm³/mol. The Balaban J connectivity index is 4.00. The normalized spacial score (nSPS) is 13.2. The SMILES string of the molecule is N[C@H](CC(=O)O)C(=O)NCCNC(=O)[C@@H](O)[C@H](O)CCC(=O)NCCNC(=O)CCC(=O)O. The van der Waals surface area contributed by atoms with Crippen LogP contribution in [0.25, 0.3) is 0 Å². The molecule has 0 aromatic rings. The van der Waals surface area contributed by atoms with Gasteiger partial charge in [0.1, 0.15) is 0 Å². The Morgan fingerprint density at radius 2 is 1.15 bits per heavy atom. The van der Waals surface area contributed by atoms with E-state index in [1.54, 1.807) is 0 Å². The number of carbonyl (C=O) groups is 6. The van der Waals surface area contributed by atoms with Crippen molar-refractivity contribution in [2.45, 2.75) is 50.4 Å². The summed E-state index contributed by atoms with van der Waals surface area (Å²) in [6.45, 7) is -0.0586. The lowest BCUT2D eigenvalue weighted by Gasteiger charge is -2.17. The van der Waals surface area contributed by atoms with Crippen molar-refractivity contribution in [2.75, 3.05) is 26.2 Å². The summed E-state index contributed by atoms with van der Waals surface area (Å²) in [7, 11) is 0.